The van der Waals surface area contributed by atoms with Crippen molar-refractivity contribution >= 4 is 56.4 Å². The number of anilines is 2. The molecule has 2 aromatic carbocycles. The third-order valence-electron chi connectivity index (χ3n) is 3.68. The molecule has 0 unspecified atom stereocenters. The van der Waals surface area contributed by atoms with E-state index >= 15 is 0 Å². The van der Waals surface area contributed by atoms with Crippen molar-refractivity contribution in [1.82, 2.24) is 0 Å². The lowest BCUT2D eigenvalue weighted by Gasteiger charge is -2.29. The molecule has 10 heteroatoms. The molecule has 27 heavy (non-hydrogen) atoms. The van der Waals surface area contributed by atoms with Crippen LogP contribution in [0.4, 0.5) is 11.4 Å². The molecule has 1 atom stereocenters. The Morgan fingerprint density at radius 1 is 1.15 bits per heavy atom. The van der Waals surface area contributed by atoms with Gasteiger partial charge in [0.05, 0.1) is 28.2 Å². The first-order valence-corrected chi connectivity index (χ1v) is 10.3. The molecule has 0 aliphatic rings. The number of amides is 2. The van der Waals surface area contributed by atoms with Gasteiger partial charge >= 0.3 is 0 Å². The van der Waals surface area contributed by atoms with Crippen molar-refractivity contribution < 1.29 is 18.0 Å². The molecule has 2 amide bonds. The maximum Gasteiger partial charge on any atom is 0.250 e. The first kappa shape index (κ1) is 21.0. The number of hydrogen-bond donors (Lipinski definition) is 2. The van der Waals surface area contributed by atoms with E-state index in [9.17, 15) is 18.0 Å². The maximum atomic E-state index is 12.7. The fourth-order valence-corrected chi connectivity index (χ4v) is 4.08. The van der Waals surface area contributed by atoms with Gasteiger partial charge in [0.25, 0.3) is 5.91 Å². The van der Waals surface area contributed by atoms with Crippen molar-refractivity contribution in [2.45, 2.75) is 13.0 Å². The summed E-state index contributed by atoms with van der Waals surface area (Å²) in [6.45, 7) is 1.39. The fourth-order valence-electron chi connectivity index (χ4n) is 2.48. The average molecular weight is 430 g/mol. The van der Waals surface area contributed by atoms with E-state index in [1.807, 2.05) is 0 Å². The molecule has 2 aromatic rings. The Hall–Kier alpha value is -2.29. The number of carbonyl (C=O) groups is 2. The second-order valence-corrected chi connectivity index (χ2v) is 8.43. The quantitative estimate of drug-likeness (QED) is 0.734. The zero-order chi connectivity index (χ0) is 20.4. The lowest BCUT2D eigenvalue weighted by molar-refractivity contribution is -0.116. The smallest absolute Gasteiger partial charge is 0.250 e. The summed E-state index contributed by atoms with van der Waals surface area (Å²) >= 11 is 12.1. The van der Waals surface area contributed by atoms with Crippen LogP contribution >= 0.6 is 23.2 Å². The number of nitrogens with two attached hydrogens (primary N) is 1. The van der Waals surface area contributed by atoms with Crippen LogP contribution in [0.2, 0.25) is 10.0 Å². The summed E-state index contributed by atoms with van der Waals surface area (Å²) in [7, 11) is -3.88. The molecule has 2 rings (SSSR count). The number of primary amides is 1. The summed E-state index contributed by atoms with van der Waals surface area (Å²) in [6, 6.07) is 9.24. The Morgan fingerprint density at radius 3 is 2.37 bits per heavy atom. The maximum absolute atomic E-state index is 12.7. The van der Waals surface area contributed by atoms with Crippen molar-refractivity contribution in [3.8, 4) is 0 Å². The van der Waals surface area contributed by atoms with Crippen molar-refractivity contribution in [1.29, 1.82) is 0 Å². The molecule has 0 fully saturated rings. The van der Waals surface area contributed by atoms with Crippen LogP contribution in [0.3, 0.4) is 0 Å². The number of para-hydroxylation sites is 1. The predicted octanol–water partition coefficient (Wildman–Crippen LogP) is 2.89. The Kier molecular flexibility index (Phi) is 6.35. The van der Waals surface area contributed by atoms with E-state index in [0.717, 1.165) is 10.6 Å². The Labute approximate surface area is 167 Å². The molecule has 3 N–H and O–H groups in total. The summed E-state index contributed by atoms with van der Waals surface area (Å²) < 4.78 is 25.5. The molecule has 144 valence electrons. The topological polar surface area (TPSA) is 110 Å². The van der Waals surface area contributed by atoms with Crippen molar-refractivity contribution in [2.24, 2.45) is 5.73 Å². The predicted molar refractivity (Wildman–Crippen MR) is 107 cm³/mol. The van der Waals surface area contributed by atoms with Gasteiger partial charge in [0, 0.05) is 5.02 Å². The largest absolute Gasteiger partial charge is 0.366 e. The first-order valence-electron chi connectivity index (χ1n) is 7.66. The summed E-state index contributed by atoms with van der Waals surface area (Å²) in [5.74, 6) is -1.40. The van der Waals surface area contributed by atoms with Gasteiger partial charge in [-0.25, -0.2) is 8.42 Å². The van der Waals surface area contributed by atoms with E-state index < -0.39 is 27.9 Å². The van der Waals surface area contributed by atoms with Crippen LogP contribution < -0.4 is 15.4 Å². The molecule has 0 saturated carbocycles. The molecule has 7 nitrogen and oxygen atoms in total. The number of nitrogens with zero attached hydrogens (tertiary/aromatic N) is 1. The number of halogens is 2. The highest BCUT2D eigenvalue weighted by atomic mass is 35.5. The van der Waals surface area contributed by atoms with Gasteiger partial charge < -0.3 is 11.1 Å². The van der Waals surface area contributed by atoms with Gasteiger partial charge in [-0.3, -0.25) is 13.9 Å². The summed E-state index contributed by atoms with van der Waals surface area (Å²) in [4.78, 5) is 24.2. The van der Waals surface area contributed by atoms with Crippen molar-refractivity contribution in [2.75, 3.05) is 15.9 Å². The minimum atomic E-state index is -3.88. The standard InChI is InChI=1S/C17H17Cl2N3O4S/c1-10(17(24)21-14-6-4-3-5-12(14)16(20)23)22(27(2,25)26)15-9-11(18)7-8-13(15)19/h3-10H,1-2H3,(H2,20,23)(H,21,24)/t10-/m1/s1. The summed E-state index contributed by atoms with van der Waals surface area (Å²) in [5.41, 5.74) is 5.64. The number of benzene rings is 2. The number of rotatable bonds is 6. The second kappa shape index (κ2) is 8.16. The van der Waals surface area contributed by atoms with E-state index in [-0.39, 0.29) is 27.0 Å². The van der Waals surface area contributed by atoms with Gasteiger partial charge in [0.2, 0.25) is 15.9 Å². The molecule has 0 aliphatic carbocycles. The van der Waals surface area contributed by atoms with Crippen molar-refractivity contribution in [3.63, 3.8) is 0 Å². The van der Waals surface area contributed by atoms with Crippen LogP contribution in [0.1, 0.15) is 17.3 Å². The van der Waals surface area contributed by atoms with E-state index in [0.29, 0.717) is 0 Å². The second-order valence-electron chi connectivity index (χ2n) is 5.73. The summed E-state index contributed by atoms with van der Waals surface area (Å²) in [5, 5.41) is 2.90. The third-order valence-corrected chi connectivity index (χ3v) is 5.47. The molecular weight excluding hydrogens is 413 g/mol. The lowest BCUT2D eigenvalue weighted by Crippen LogP contribution is -2.45. The molecule has 0 radical (unpaired) electrons. The van der Waals surface area contributed by atoms with Crippen LogP contribution in [0.25, 0.3) is 0 Å². The molecule has 0 aromatic heterocycles. The average Bonchev–Trinajstić information content (AvgIpc) is 2.57. The highest BCUT2D eigenvalue weighted by Crippen LogP contribution is 2.32. The van der Waals surface area contributed by atoms with E-state index in [2.05, 4.69) is 5.32 Å². The minimum absolute atomic E-state index is 0.0671. The normalized spacial score (nSPS) is 12.3. The van der Waals surface area contributed by atoms with E-state index in [4.69, 9.17) is 28.9 Å². The van der Waals surface area contributed by atoms with Gasteiger partial charge in [0.15, 0.2) is 0 Å². The number of carbonyl (C=O) groups excluding carboxylic acids is 2. The van der Waals surface area contributed by atoms with Gasteiger partial charge in [-0.05, 0) is 37.3 Å². The molecular formula is C17H17Cl2N3O4S. The lowest BCUT2D eigenvalue weighted by atomic mass is 10.1. The first-order chi connectivity index (χ1) is 12.5. The number of nitrogens with one attached hydrogen (secondary N) is 1. The van der Waals surface area contributed by atoms with Crippen LogP contribution in [-0.4, -0.2) is 32.5 Å². The SMILES string of the molecule is C[C@H](C(=O)Nc1ccccc1C(N)=O)N(c1cc(Cl)ccc1Cl)S(C)(=O)=O. The highest BCUT2D eigenvalue weighted by molar-refractivity contribution is 7.92. The minimum Gasteiger partial charge on any atom is -0.366 e. The monoisotopic (exact) mass is 429 g/mol. The zero-order valence-corrected chi connectivity index (χ0v) is 16.8. The summed E-state index contributed by atoms with van der Waals surface area (Å²) in [6.07, 6.45) is 0.950. The third kappa shape index (κ3) is 4.91. The number of hydrogen-bond acceptors (Lipinski definition) is 4. The molecule has 0 aliphatic heterocycles. The van der Waals surface area contributed by atoms with Gasteiger partial charge in [0.1, 0.15) is 6.04 Å². The van der Waals surface area contributed by atoms with E-state index in [1.54, 1.807) is 12.1 Å². The van der Waals surface area contributed by atoms with Crippen LogP contribution in [0.15, 0.2) is 42.5 Å². The molecule has 0 spiro atoms. The highest BCUT2D eigenvalue weighted by Gasteiger charge is 2.31. The van der Waals surface area contributed by atoms with Crippen LogP contribution in [0, 0.1) is 0 Å². The van der Waals surface area contributed by atoms with Gasteiger partial charge in [-0.1, -0.05) is 35.3 Å². The van der Waals surface area contributed by atoms with E-state index in [1.165, 1.54) is 37.3 Å². The molecule has 0 saturated heterocycles. The Balaban J connectivity index is 2.42. The van der Waals surface area contributed by atoms with Crippen LogP contribution in [0.5, 0.6) is 0 Å². The Bertz CT molecular complexity index is 995. The molecule has 0 bridgehead atoms. The fraction of sp³-hybridized carbons (Fsp3) is 0.176. The van der Waals surface area contributed by atoms with Crippen LogP contribution in [-0.2, 0) is 14.8 Å². The zero-order valence-electron chi connectivity index (χ0n) is 14.4. The molecule has 0 heterocycles. The van der Waals surface area contributed by atoms with Gasteiger partial charge in [-0.2, -0.15) is 0 Å². The Morgan fingerprint density at radius 2 is 1.78 bits per heavy atom. The van der Waals surface area contributed by atoms with Gasteiger partial charge in [-0.15, -0.1) is 0 Å². The number of sulfonamides is 1. The van der Waals surface area contributed by atoms with Crippen molar-refractivity contribution in [3.05, 3.63) is 58.1 Å².